The molecule has 0 saturated heterocycles. The first-order valence-electron chi connectivity index (χ1n) is 5.65. The van der Waals surface area contributed by atoms with Crippen LogP contribution in [-0.2, 0) is 6.54 Å². The largest absolute Gasteiger partial charge is 0.459 e. The molecule has 0 unspecified atom stereocenters. The lowest BCUT2D eigenvalue weighted by molar-refractivity contribution is 0.524. The standard InChI is InChI=1S/C13H14INO/c1-15-7-12-13(8-2-3-8)10-6-9(14)4-5-11(10)16-12/h4-6,8,15H,2-3,7H2,1H3. The molecule has 1 aliphatic rings. The summed E-state index contributed by atoms with van der Waals surface area (Å²) in [6.45, 7) is 0.830. The third-order valence-electron chi connectivity index (χ3n) is 3.09. The monoisotopic (exact) mass is 327 g/mol. The number of benzene rings is 1. The predicted octanol–water partition coefficient (Wildman–Crippen LogP) is 3.63. The zero-order chi connectivity index (χ0) is 11.1. The second-order valence-corrected chi connectivity index (χ2v) is 5.63. The van der Waals surface area contributed by atoms with Crippen molar-refractivity contribution in [3.8, 4) is 0 Å². The van der Waals surface area contributed by atoms with Crippen LogP contribution in [0.1, 0.15) is 30.1 Å². The Morgan fingerprint density at radius 2 is 2.25 bits per heavy atom. The molecule has 16 heavy (non-hydrogen) atoms. The van der Waals surface area contributed by atoms with Gasteiger partial charge in [0.25, 0.3) is 0 Å². The second kappa shape index (κ2) is 4.04. The first-order chi connectivity index (χ1) is 7.79. The van der Waals surface area contributed by atoms with Gasteiger partial charge in [-0.05, 0) is 66.6 Å². The van der Waals surface area contributed by atoms with E-state index in [1.165, 1.54) is 27.4 Å². The second-order valence-electron chi connectivity index (χ2n) is 4.38. The van der Waals surface area contributed by atoms with Gasteiger partial charge in [0.15, 0.2) is 0 Å². The Bertz CT molecular complexity index is 528. The minimum Gasteiger partial charge on any atom is -0.459 e. The van der Waals surface area contributed by atoms with Gasteiger partial charge in [-0.2, -0.15) is 0 Å². The molecular weight excluding hydrogens is 313 g/mol. The van der Waals surface area contributed by atoms with Crippen molar-refractivity contribution in [2.45, 2.75) is 25.3 Å². The number of halogens is 1. The quantitative estimate of drug-likeness (QED) is 0.871. The van der Waals surface area contributed by atoms with Crippen LogP contribution in [0.3, 0.4) is 0 Å². The van der Waals surface area contributed by atoms with E-state index in [4.69, 9.17) is 4.42 Å². The van der Waals surface area contributed by atoms with E-state index < -0.39 is 0 Å². The fourth-order valence-electron chi connectivity index (χ4n) is 2.25. The summed E-state index contributed by atoms with van der Waals surface area (Å²) in [7, 11) is 1.97. The average Bonchev–Trinajstić information content (AvgIpc) is 3.02. The van der Waals surface area contributed by atoms with Gasteiger partial charge in [0.1, 0.15) is 11.3 Å². The van der Waals surface area contributed by atoms with Crippen LogP contribution in [-0.4, -0.2) is 7.05 Å². The molecule has 1 fully saturated rings. The summed E-state index contributed by atoms with van der Waals surface area (Å²) >= 11 is 2.36. The molecule has 84 valence electrons. The van der Waals surface area contributed by atoms with Gasteiger partial charge in [-0.3, -0.25) is 0 Å². The smallest absolute Gasteiger partial charge is 0.134 e. The Hall–Kier alpha value is -0.550. The van der Waals surface area contributed by atoms with Crippen molar-refractivity contribution in [1.29, 1.82) is 0 Å². The highest BCUT2D eigenvalue weighted by atomic mass is 127. The fourth-order valence-corrected chi connectivity index (χ4v) is 2.74. The molecule has 0 spiro atoms. The summed E-state index contributed by atoms with van der Waals surface area (Å²) in [6, 6.07) is 6.43. The average molecular weight is 327 g/mol. The van der Waals surface area contributed by atoms with E-state index in [0.717, 1.165) is 23.8 Å². The Morgan fingerprint density at radius 1 is 1.44 bits per heavy atom. The maximum absolute atomic E-state index is 5.93. The van der Waals surface area contributed by atoms with Crippen molar-refractivity contribution in [3.63, 3.8) is 0 Å². The van der Waals surface area contributed by atoms with Crippen molar-refractivity contribution >= 4 is 33.6 Å². The van der Waals surface area contributed by atoms with E-state index in [1.807, 2.05) is 7.05 Å². The van der Waals surface area contributed by atoms with Crippen LogP contribution in [0.2, 0.25) is 0 Å². The molecule has 1 N–H and O–H groups in total. The van der Waals surface area contributed by atoms with Gasteiger partial charge in [-0.15, -0.1) is 0 Å². The minimum atomic E-state index is 0.739. The molecule has 0 radical (unpaired) electrons. The van der Waals surface area contributed by atoms with E-state index in [-0.39, 0.29) is 0 Å². The van der Waals surface area contributed by atoms with Crippen LogP contribution in [0.4, 0.5) is 0 Å². The highest BCUT2D eigenvalue weighted by Crippen LogP contribution is 2.46. The molecule has 3 rings (SSSR count). The molecule has 1 aromatic heterocycles. The minimum absolute atomic E-state index is 0.739. The van der Waals surface area contributed by atoms with Crippen molar-refractivity contribution < 1.29 is 4.42 Å². The number of nitrogens with one attached hydrogen (secondary N) is 1. The molecule has 0 aliphatic heterocycles. The molecule has 1 saturated carbocycles. The summed E-state index contributed by atoms with van der Waals surface area (Å²) in [6.07, 6.45) is 2.63. The van der Waals surface area contributed by atoms with E-state index in [1.54, 1.807) is 0 Å². The van der Waals surface area contributed by atoms with Gasteiger partial charge >= 0.3 is 0 Å². The first kappa shape index (κ1) is 10.6. The number of rotatable bonds is 3. The molecule has 0 atom stereocenters. The third-order valence-corrected chi connectivity index (χ3v) is 3.76. The summed E-state index contributed by atoms with van der Waals surface area (Å²) in [4.78, 5) is 0. The van der Waals surface area contributed by atoms with E-state index >= 15 is 0 Å². The van der Waals surface area contributed by atoms with Crippen LogP contribution in [0.25, 0.3) is 11.0 Å². The Kier molecular flexibility index (Phi) is 2.67. The molecule has 2 aromatic rings. The summed E-state index contributed by atoms with van der Waals surface area (Å²) in [5.74, 6) is 1.87. The van der Waals surface area contributed by atoms with E-state index in [9.17, 15) is 0 Å². The lowest BCUT2D eigenvalue weighted by Gasteiger charge is -1.99. The zero-order valence-corrected chi connectivity index (χ0v) is 11.4. The van der Waals surface area contributed by atoms with Crippen molar-refractivity contribution in [1.82, 2.24) is 5.32 Å². The first-order valence-corrected chi connectivity index (χ1v) is 6.73. The summed E-state index contributed by atoms with van der Waals surface area (Å²) in [5.41, 5.74) is 2.48. The number of furan rings is 1. The number of hydrogen-bond acceptors (Lipinski definition) is 2. The molecule has 1 heterocycles. The van der Waals surface area contributed by atoms with Crippen LogP contribution in [0.5, 0.6) is 0 Å². The predicted molar refractivity (Wildman–Crippen MR) is 73.7 cm³/mol. The van der Waals surface area contributed by atoms with E-state index in [2.05, 4.69) is 46.1 Å². The summed E-state index contributed by atoms with van der Waals surface area (Å²) in [5, 5.41) is 4.51. The Labute approximate surface area is 109 Å². The topological polar surface area (TPSA) is 25.2 Å². The highest BCUT2D eigenvalue weighted by molar-refractivity contribution is 14.1. The van der Waals surface area contributed by atoms with Crippen LogP contribution < -0.4 is 5.32 Å². The maximum Gasteiger partial charge on any atom is 0.134 e. The Morgan fingerprint density at radius 3 is 2.94 bits per heavy atom. The normalized spacial score (nSPS) is 15.9. The molecule has 0 amide bonds. The van der Waals surface area contributed by atoms with Crippen molar-refractivity contribution in [2.75, 3.05) is 7.05 Å². The van der Waals surface area contributed by atoms with Crippen LogP contribution in [0, 0.1) is 3.57 Å². The van der Waals surface area contributed by atoms with Gasteiger partial charge in [0, 0.05) is 14.5 Å². The van der Waals surface area contributed by atoms with Crippen LogP contribution >= 0.6 is 22.6 Å². The number of hydrogen-bond donors (Lipinski definition) is 1. The zero-order valence-electron chi connectivity index (χ0n) is 9.22. The van der Waals surface area contributed by atoms with Crippen molar-refractivity contribution in [2.24, 2.45) is 0 Å². The van der Waals surface area contributed by atoms with Crippen molar-refractivity contribution in [3.05, 3.63) is 33.1 Å². The molecule has 1 aromatic carbocycles. The van der Waals surface area contributed by atoms with Crippen LogP contribution in [0.15, 0.2) is 22.6 Å². The lowest BCUT2D eigenvalue weighted by Crippen LogP contribution is -2.05. The molecule has 1 aliphatic carbocycles. The Balaban J connectivity index is 2.21. The van der Waals surface area contributed by atoms with Gasteiger partial charge in [0.2, 0.25) is 0 Å². The molecule has 0 bridgehead atoms. The molecular formula is C13H14INO. The fraction of sp³-hybridized carbons (Fsp3) is 0.385. The SMILES string of the molecule is CNCc1oc2ccc(I)cc2c1C1CC1. The summed E-state index contributed by atoms with van der Waals surface area (Å²) < 4.78 is 7.21. The molecule has 3 heteroatoms. The van der Waals surface area contributed by atoms with Gasteiger partial charge < -0.3 is 9.73 Å². The molecule has 2 nitrogen and oxygen atoms in total. The highest BCUT2D eigenvalue weighted by Gasteiger charge is 2.30. The van der Waals surface area contributed by atoms with Gasteiger partial charge in [0.05, 0.1) is 6.54 Å². The van der Waals surface area contributed by atoms with E-state index in [0.29, 0.717) is 0 Å². The lowest BCUT2D eigenvalue weighted by atomic mass is 10.1. The van der Waals surface area contributed by atoms with Gasteiger partial charge in [-0.25, -0.2) is 0 Å². The maximum atomic E-state index is 5.93. The van der Waals surface area contributed by atoms with Gasteiger partial charge in [-0.1, -0.05) is 0 Å². The number of fused-ring (bicyclic) bond motifs is 1. The third kappa shape index (κ3) is 1.76.